The summed E-state index contributed by atoms with van der Waals surface area (Å²) < 4.78 is 30.0. The highest BCUT2D eigenvalue weighted by Crippen LogP contribution is 2.57. The molecule has 3 aliphatic rings. The number of fused-ring (bicyclic) bond motifs is 2. The molecule has 0 radical (unpaired) electrons. The highest BCUT2D eigenvalue weighted by Gasteiger charge is 2.66. The lowest BCUT2D eigenvalue weighted by Gasteiger charge is -2.38. The number of halogens is 3. The molecule has 1 spiro atoms. The Labute approximate surface area is 226 Å². The monoisotopic (exact) mass is 545 g/mol. The van der Waals surface area contributed by atoms with Crippen LogP contribution in [-0.2, 0) is 15.0 Å². The number of carbonyl (C=O) groups is 2. The van der Waals surface area contributed by atoms with Gasteiger partial charge >= 0.3 is 0 Å². The van der Waals surface area contributed by atoms with Gasteiger partial charge in [-0.1, -0.05) is 50.6 Å². The average Bonchev–Trinajstić information content (AvgIpc) is 3.31. The SMILES string of the molecule is CC(C)(C)C[C@@H]1N[C@@H](C(=O)N[C@H]2CC[C@@H](O)CC2)[C@H](c2cccc(Cl)c2F)[C@]12C(=O)Nc1cc(F)ccc12. The average molecular weight is 546 g/mol. The molecular weight excluding hydrogens is 512 g/mol. The Bertz CT molecular complexity index is 1260. The number of rotatable bonds is 4. The Kier molecular flexibility index (Phi) is 7.03. The van der Waals surface area contributed by atoms with Gasteiger partial charge in [0.05, 0.1) is 17.2 Å². The second-order valence-corrected chi connectivity index (χ2v) is 12.5. The molecule has 38 heavy (non-hydrogen) atoms. The zero-order valence-electron chi connectivity index (χ0n) is 21.8. The smallest absolute Gasteiger partial charge is 0.238 e. The van der Waals surface area contributed by atoms with Gasteiger partial charge in [0.1, 0.15) is 17.0 Å². The van der Waals surface area contributed by atoms with Crippen LogP contribution in [0.25, 0.3) is 0 Å². The number of aliphatic hydroxyl groups excluding tert-OH is 1. The summed E-state index contributed by atoms with van der Waals surface area (Å²) in [6.07, 6.45) is 2.57. The van der Waals surface area contributed by atoms with Gasteiger partial charge in [0.15, 0.2) is 0 Å². The maximum absolute atomic E-state index is 15.7. The Hall–Kier alpha value is -2.55. The number of carbonyl (C=O) groups excluding carboxylic acids is 2. The summed E-state index contributed by atoms with van der Waals surface area (Å²) in [6.45, 7) is 6.11. The fourth-order valence-electron chi connectivity index (χ4n) is 6.66. The lowest BCUT2D eigenvalue weighted by molar-refractivity contribution is -0.124. The molecule has 4 atom stereocenters. The van der Waals surface area contributed by atoms with Crippen molar-refractivity contribution in [1.82, 2.24) is 10.6 Å². The van der Waals surface area contributed by atoms with Crippen molar-refractivity contribution in [3.05, 3.63) is 64.2 Å². The van der Waals surface area contributed by atoms with E-state index in [9.17, 15) is 19.1 Å². The fraction of sp³-hybridized carbons (Fsp3) is 0.517. The molecule has 2 heterocycles. The van der Waals surface area contributed by atoms with Crippen LogP contribution in [0.5, 0.6) is 0 Å². The molecule has 6 nitrogen and oxygen atoms in total. The molecular formula is C29H34ClF2N3O3. The number of anilines is 1. The van der Waals surface area contributed by atoms with Gasteiger partial charge in [0.2, 0.25) is 11.8 Å². The maximum atomic E-state index is 15.7. The number of aliphatic hydroxyl groups is 1. The summed E-state index contributed by atoms with van der Waals surface area (Å²) in [4.78, 5) is 28.0. The van der Waals surface area contributed by atoms with Crippen molar-refractivity contribution < 1.29 is 23.5 Å². The van der Waals surface area contributed by atoms with E-state index in [-0.39, 0.29) is 34.1 Å². The van der Waals surface area contributed by atoms with E-state index in [1.165, 1.54) is 18.2 Å². The van der Waals surface area contributed by atoms with Crippen LogP contribution >= 0.6 is 11.6 Å². The summed E-state index contributed by atoms with van der Waals surface area (Å²) in [6, 6.07) is 7.10. The molecule has 2 amide bonds. The van der Waals surface area contributed by atoms with Gasteiger partial charge in [0.25, 0.3) is 0 Å². The van der Waals surface area contributed by atoms with Crippen molar-refractivity contribution >= 4 is 29.1 Å². The Morgan fingerprint density at radius 2 is 1.87 bits per heavy atom. The van der Waals surface area contributed by atoms with Crippen molar-refractivity contribution in [2.24, 2.45) is 5.41 Å². The maximum Gasteiger partial charge on any atom is 0.238 e. The van der Waals surface area contributed by atoms with E-state index in [2.05, 4.69) is 16.0 Å². The highest BCUT2D eigenvalue weighted by atomic mass is 35.5. The molecule has 0 bridgehead atoms. The lowest BCUT2D eigenvalue weighted by Crippen LogP contribution is -2.50. The first-order valence-electron chi connectivity index (χ1n) is 13.2. The van der Waals surface area contributed by atoms with Crippen molar-refractivity contribution in [2.75, 3.05) is 5.32 Å². The first kappa shape index (κ1) is 27.0. The third-order valence-corrected chi connectivity index (χ3v) is 8.56. The summed E-state index contributed by atoms with van der Waals surface area (Å²) in [5.41, 5.74) is -0.618. The molecule has 1 saturated heterocycles. The van der Waals surface area contributed by atoms with Crippen LogP contribution in [0.1, 0.15) is 69.9 Å². The molecule has 204 valence electrons. The van der Waals surface area contributed by atoms with Crippen LogP contribution in [-0.4, -0.2) is 41.2 Å². The van der Waals surface area contributed by atoms with E-state index in [1.54, 1.807) is 18.2 Å². The molecule has 2 aromatic carbocycles. The number of hydrogen-bond donors (Lipinski definition) is 4. The number of hydrogen-bond acceptors (Lipinski definition) is 4. The summed E-state index contributed by atoms with van der Waals surface area (Å²) in [5, 5.41) is 19.2. The van der Waals surface area contributed by atoms with E-state index < -0.39 is 41.0 Å². The Morgan fingerprint density at radius 1 is 1.16 bits per heavy atom. The van der Waals surface area contributed by atoms with Crippen molar-refractivity contribution in [1.29, 1.82) is 0 Å². The topological polar surface area (TPSA) is 90.5 Å². The summed E-state index contributed by atoms with van der Waals surface area (Å²) >= 11 is 6.21. The van der Waals surface area contributed by atoms with E-state index >= 15 is 4.39 Å². The van der Waals surface area contributed by atoms with Crippen LogP contribution in [0, 0.1) is 17.0 Å². The summed E-state index contributed by atoms with van der Waals surface area (Å²) in [5.74, 6) is -2.87. The van der Waals surface area contributed by atoms with Crippen molar-refractivity contribution in [3.8, 4) is 0 Å². The number of benzene rings is 2. The van der Waals surface area contributed by atoms with Crippen LogP contribution in [0.2, 0.25) is 5.02 Å². The van der Waals surface area contributed by atoms with E-state index in [4.69, 9.17) is 11.6 Å². The van der Waals surface area contributed by atoms with Crippen LogP contribution < -0.4 is 16.0 Å². The minimum Gasteiger partial charge on any atom is -0.393 e. The fourth-order valence-corrected chi connectivity index (χ4v) is 6.85. The van der Waals surface area contributed by atoms with Crippen molar-refractivity contribution in [2.45, 2.75) is 88.4 Å². The van der Waals surface area contributed by atoms with Gasteiger partial charge < -0.3 is 21.1 Å². The van der Waals surface area contributed by atoms with Crippen LogP contribution in [0.15, 0.2) is 36.4 Å². The molecule has 2 aliphatic heterocycles. The van der Waals surface area contributed by atoms with Crippen LogP contribution in [0.3, 0.4) is 0 Å². The third-order valence-electron chi connectivity index (χ3n) is 8.26. The van der Waals surface area contributed by atoms with E-state index in [0.717, 1.165) is 0 Å². The molecule has 2 aromatic rings. The molecule has 5 rings (SSSR count). The highest BCUT2D eigenvalue weighted by molar-refractivity contribution is 6.30. The van der Waals surface area contributed by atoms with Gasteiger partial charge in [-0.25, -0.2) is 8.78 Å². The Morgan fingerprint density at radius 3 is 2.55 bits per heavy atom. The number of amides is 2. The van der Waals surface area contributed by atoms with E-state index in [1.807, 2.05) is 20.8 Å². The molecule has 2 fully saturated rings. The minimum atomic E-state index is -1.38. The summed E-state index contributed by atoms with van der Waals surface area (Å²) in [7, 11) is 0. The number of nitrogens with one attached hydrogen (secondary N) is 3. The molecule has 0 aromatic heterocycles. The van der Waals surface area contributed by atoms with Crippen LogP contribution in [0.4, 0.5) is 14.5 Å². The first-order valence-corrected chi connectivity index (χ1v) is 13.6. The van der Waals surface area contributed by atoms with Gasteiger partial charge in [-0.3, -0.25) is 9.59 Å². The predicted molar refractivity (Wildman–Crippen MR) is 142 cm³/mol. The zero-order valence-corrected chi connectivity index (χ0v) is 22.5. The molecule has 1 saturated carbocycles. The molecule has 4 N–H and O–H groups in total. The molecule has 0 unspecified atom stereocenters. The Balaban J connectivity index is 1.67. The molecule has 9 heteroatoms. The quantitative estimate of drug-likeness (QED) is 0.445. The minimum absolute atomic E-state index is 0.102. The largest absolute Gasteiger partial charge is 0.393 e. The van der Waals surface area contributed by atoms with Gasteiger partial charge in [-0.2, -0.15) is 0 Å². The third kappa shape index (κ3) is 4.61. The second-order valence-electron chi connectivity index (χ2n) is 12.1. The van der Waals surface area contributed by atoms with Gasteiger partial charge in [-0.15, -0.1) is 0 Å². The molecule has 1 aliphatic carbocycles. The van der Waals surface area contributed by atoms with Crippen molar-refractivity contribution in [3.63, 3.8) is 0 Å². The zero-order chi connectivity index (χ0) is 27.4. The predicted octanol–water partition coefficient (Wildman–Crippen LogP) is 4.79. The van der Waals surface area contributed by atoms with Gasteiger partial charge in [0, 0.05) is 23.7 Å². The standard InChI is InChI=1S/C29H34ClF2N3O3/c1-28(2,3)14-22-29(19-12-7-15(31)13-21(19)34-27(29)38)23(18-5-4-6-20(30)24(18)32)25(35-22)26(37)33-16-8-10-17(36)11-9-16/h4-7,12-13,16-17,22-23,25,35-36H,8-11,14H2,1-3H3,(H,33,37)(H,34,38)/t16-,17+,22-,23-,25+,29+/m0/s1. The second kappa shape index (κ2) is 9.88. The van der Waals surface area contributed by atoms with E-state index in [0.29, 0.717) is 43.4 Å². The lowest BCUT2D eigenvalue weighted by atomic mass is 9.62. The normalized spacial score (nSPS) is 30.8. The van der Waals surface area contributed by atoms with Gasteiger partial charge in [-0.05, 0) is 66.8 Å². The first-order chi connectivity index (χ1) is 17.9.